The van der Waals surface area contributed by atoms with Gasteiger partial charge in [-0.25, -0.2) is 0 Å². The molecule has 1 fully saturated rings. The summed E-state index contributed by atoms with van der Waals surface area (Å²) >= 11 is 0. The molecule has 0 saturated heterocycles. The van der Waals surface area contributed by atoms with Crippen LogP contribution in [0, 0.1) is 0 Å². The minimum atomic E-state index is 0.271. The molecule has 2 heteroatoms. The molecule has 0 aromatic heterocycles. The highest BCUT2D eigenvalue weighted by Gasteiger charge is 2.20. The van der Waals surface area contributed by atoms with Gasteiger partial charge in [0.2, 0.25) is 0 Å². The summed E-state index contributed by atoms with van der Waals surface area (Å²) in [6.45, 7) is 2.16. The highest BCUT2D eigenvalue weighted by Crippen LogP contribution is 2.22. The average molecular weight is 170 g/mol. The van der Waals surface area contributed by atoms with Crippen LogP contribution in [0.25, 0.3) is 0 Å². The van der Waals surface area contributed by atoms with Crippen molar-refractivity contribution in [2.75, 3.05) is 7.05 Å². The summed E-state index contributed by atoms with van der Waals surface area (Å²) in [5, 5.41) is 0. The van der Waals surface area contributed by atoms with Crippen LogP contribution in [0.2, 0.25) is 0 Å². The van der Waals surface area contributed by atoms with Crippen molar-refractivity contribution < 1.29 is 0 Å². The lowest BCUT2D eigenvalue weighted by Crippen LogP contribution is -2.45. The van der Waals surface area contributed by atoms with E-state index >= 15 is 0 Å². The Morgan fingerprint density at radius 2 is 1.92 bits per heavy atom. The number of hydrogen-bond donors (Lipinski definition) is 1. The Kier molecular flexibility index (Phi) is 4.02. The fraction of sp³-hybridized carbons (Fsp3) is 1.00. The van der Waals surface area contributed by atoms with E-state index in [1.165, 1.54) is 32.1 Å². The van der Waals surface area contributed by atoms with E-state index in [1.807, 2.05) is 0 Å². The maximum atomic E-state index is 5.97. The van der Waals surface area contributed by atoms with Crippen LogP contribution in [-0.2, 0) is 0 Å². The molecule has 0 bridgehead atoms. The van der Waals surface area contributed by atoms with Crippen LogP contribution in [0.1, 0.15) is 45.4 Å². The molecule has 0 radical (unpaired) electrons. The molecular weight excluding hydrogens is 148 g/mol. The van der Waals surface area contributed by atoms with E-state index in [0.717, 1.165) is 12.5 Å². The predicted molar refractivity (Wildman–Crippen MR) is 52.9 cm³/mol. The molecule has 0 amide bonds. The van der Waals surface area contributed by atoms with Crippen molar-refractivity contribution in [3.8, 4) is 0 Å². The van der Waals surface area contributed by atoms with Gasteiger partial charge in [-0.1, -0.05) is 26.2 Å². The highest BCUT2D eigenvalue weighted by atomic mass is 15.2. The smallest absolute Gasteiger partial charge is 0.0568 e. The first-order chi connectivity index (χ1) is 5.75. The summed E-state index contributed by atoms with van der Waals surface area (Å²) in [6.07, 6.45) is 8.25. The van der Waals surface area contributed by atoms with E-state index in [9.17, 15) is 0 Å². The molecule has 1 atom stereocenters. The van der Waals surface area contributed by atoms with E-state index in [2.05, 4.69) is 18.9 Å². The van der Waals surface area contributed by atoms with Gasteiger partial charge in [-0.3, -0.25) is 4.90 Å². The van der Waals surface area contributed by atoms with Gasteiger partial charge in [0.25, 0.3) is 0 Å². The van der Waals surface area contributed by atoms with Crippen LogP contribution in [0.3, 0.4) is 0 Å². The van der Waals surface area contributed by atoms with Crippen LogP contribution in [-0.4, -0.2) is 24.2 Å². The molecule has 1 aliphatic rings. The predicted octanol–water partition coefficient (Wildman–Crippen LogP) is 1.95. The van der Waals surface area contributed by atoms with E-state index in [-0.39, 0.29) is 6.17 Å². The van der Waals surface area contributed by atoms with Crippen LogP contribution in [0.4, 0.5) is 0 Å². The summed E-state index contributed by atoms with van der Waals surface area (Å²) < 4.78 is 0. The maximum absolute atomic E-state index is 5.97. The van der Waals surface area contributed by atoms with Crippen molar-refractivity contribution in [1.29, 1.82) is 0 Å². The van der Waals surface area contributed by atoms with Gasteiger partial charge in [0, 0.05) is 6.04 Å². The summed E-state index contributed by atoms with van der Waals surface area (Å²) in [5.74, 6) is 0. The molecule has 2 nitrogen and oxygen atoms in total. The van der Waals surface area contributed by atoms with E-state index in [1.54, 1.807) is 0 Å². The topological polar surface area (TPSA) is 29.3 Å². The Hall–Kier alpha value is -0.0800. The van der Waals surface area contributed by atoms with E-state index < -0.39 is 0 Å². The molecule has 72 valence electrons. The van der Waals surface area contributed by atoms with E-state index in [4.69, 9.17) is 5.73 Å². The van der Waals surface area contributed by atoms with Gasteiger partial charge in [0.05, 0.1) is 6.17 Å². The zero-order valence-electron chi connectivity index (χ0n) is 8.42. The number of hydrogen-bond acceptors (Lipinski definition) is 2. The molecule has 0 aliphatic heterocycles. The lowest BCUT2D eigenvalue weighted by atomic mass is 9.94. The summed E-state index contributed by atoms with van der Waals surface area (Å²) in [7, 11) is 2.17. The lowest BCUT2D eigenvalue weighted by Gasteiger charge is -2.34. The maximum Gasteiger partial charge on any atom is 0.0568 e. The van der Waals surface area contributed by atoms with Crippen molar-refractivity contribution in [1.82, 2.24) is 4.90 Å². The monoisotopic (exact) mass is 170 g/mol. The molecule has 0 spiro atoms. The molecule has 1 unspecified atom stereocenters. The van der Waals surface area contributed by atoms with Crippen LogP contribution in [0.15, 0.2) is 0 Å². The second-order valence-electron chi connectivity index (χ2n) is 3.93. The Morgan fingerprint density at radius 1 is 1.33 bits per heavy atom. The average Bonchev–Trinajstić information content (AvgIpc) is 2.17. The summed E-state index contributed by atoms with van der Waals surface area (Å²) in [4.78, 5) is 2.36. The molecule has 12 heavy (non-hydrogen) atoms. The third-order valence-corrected chi connectivity index (χ3v) is 3.09. The van der Waals surface area contributed by atoms with Crippen molar-refractivity contribution in [2.24, 2.45) is 5.73 Å². The molecule has 1 aliphatic carbocycles. The van der Waals surface area contributed by atoms with Gasteiger partial charge in [-0.2, -0.15) is 0 Å². The molecule has 0 heterocycles. The van der Waals surface area contributed by atoms with Crippen molar-refractivity contribution in [3.63, 3.8) is 0 Å². The minimum absolute atomic E-state index is 0.271. The fourth-order valence-corrected chi connectivity index (χ4v) is 2.05. The normalized spacial score (nSPS) is 23.0. The van der Waals surface area contributed by atoms with Gasteiger partial charge >= 0.3 is 0 Å². The Bertz CT molecular complexity index is 119. The molecule has 1 rings (SSSR count). The molecular formula is C10H22N2. The van der Waals surface area contributed by atoms with Gasteiger partial charge in [-0.05, 0) is 26.3 Å². The highest BCUT2D eigenvalue weighted by molar-refractivity contribution is 4.75. The first-order valence-corrected chi connectivity index (χ1v) is 5.23. The summed E-state index contributed by atoms with van der Waals surface area (Å²) in [6, 6.07) is 0.758. The second-order valence-corrected chi connectivity index (χ2v) is 3.93. The summed E-state index contributed by atoms with van der Waals surface area (Å²) in [5.41, 5.74) is 5.97. The van der Waals surface area contributed by atoms with Gasteiger partial charge < -0.3 is 5.73 Å². The number of nitrogens with two attached hydrogens (primary N) is 1. The Balaban J connectivity index is 2.33. The Morgan fingerprint density at radius 3 is 2.42 bits per heavy atom. The lowest BCUT2D eigenvalue weighted by molar-refractivity contribution is 0.137. The van der Waals surface area contributed by atoms with Gasteiger partial charge in [-0.15, -0.1) is 0 Å². The largest absolute Gasteiger partial charge is 0.316 e. The van der Waals surface area contributed by atoms with Crippen LogP contribution in [0.5, 0.6) is 0 Å². The molecule has 0 aromatic rings. The molecule has 1 saturated carbocycles. The minimum Gasteiger partial charge on any atom is -0.316 e. The number of nitrogens with zero attached hydrogens (tertiary/aromatic N) is 1. The van der Waals surface area contributed by atoms with Gasteiger partial charge in [0.1, 0.15) is 0 Å². The second kappa shape index (κ2) is 4.83. The van der Waals surface area contributed by atoms with Crippen molar-refractivity contribution in [2.45, 2.75) is 57.7 Å². The first kappa shape index (κ1) is 10.0. The zero-order valence-corrected chi connectivity index (χ0v) is 8.42. The quantitative estimate of drug-likeness (QED) is 0.656. The van der Waals surface area contributed by atoms with Crippen LogP contribution >= 0.6 is 0 Å². The van der Waals surface area contributed by atoms with Crippen molar-refractivity contribution in [3.05, 3.63) is 0 Å². The SMILES string of the molecule is CCC(N)N(C)C1CCCCC1. The standard InChI is InChI=1S/C10H22N2/c1-3-10(11)12(2)9-7-5-4-6-8-9/h9-10H,3-8,11H2,1-2H3. The molecule has 0 aromatic carbocycles. The van der Waals surface area contributed by atoms with E-state index in [0.29, 0.717) is 0 Å². The third-order valence-electron chi connectivity index (χ3n) is 3.09. The Labute approximate surface area is 76.1 Å². The van der Waals surface area contributed by atoms with Gasteiger partial charge in [0.15, 0.2) is 0 Å². The first-order valence-electron chi connectivity index (χ1n) is 5.23. The third kappa shape index (κ3) is 2.46. The number of rotatable bonds is 3. The zero-order chi connectivity index (χ0) is 8.97. The fourth-order valence-electron chi connectivity index (χ4n) is 2.05. The van der Waals surface area contributed by atoms with Crippen molar-refractivity contribution >= 4 is 0 Å². The van der Waals surface area contributed by atoms with Crippen LogP contribution < -0.4 is 5.73 Å². The molecule has 2 N–H and O–H groups in total.